The zero-order valence-electron chi connectivity index (χ0n) is 15.4. The standard InChI is InChI=1S/C23H21BrN2O2/c24-18-7-3-5-16(13-18)15-28-22-9-2-1-8-20(22)23(27)26-19-11-10-17-6-4-12-25-21(17)14-19/h1-3,5,7-11,13-14,25H,4,6,12,15H2,(H,26,27). The van der Waals surface area contributed by atoms with Crippen molar-refractivity contribution >= 4 is 33.2 Å². The van der Waals surface area contributed by atoms with Gasteiger partial charge in [0.1, 0.15) is 12.4 Å². The van der Waals surface area contributed by atoms with Crippen molar-refractivity contribution in [3.63, 3.8) is 0 Å². The molecule has 4 nitrogen and oxygen atoms in total. The van der Waals surface area contributed by atoms with Crippen LogP contribution in [-0.4, -0.2) is 12.5 Å². The van der Waals surface area contributed by atoms with Crippen molar-refractivity contribution in [3.05, 3.63) is 87.9 Å². The SMILES string of the molecule is O=C(Nc1ccc2c(c1)NCCC2)c1ccccc1OCc1cccc(Br)c1. The number of amides is 1. The molecule has 0 aromatic heterocycles. The molecule has 0 fully saturated rings. The van der Waals surface area contributed by atoms with Crippen LogP contribution in [0, 0.1) is 0 Å². The van der Waals surface area contributed by atoms with Gasteiger partial charge < -0.3 is 15.4 Å². The van der Waals surface area contributed by atoms with Gasteiger partial charge in [-0.1, -0.05) is 46.3 Å². The van der Waals surface area contributed by atoms with Gasteiger partial charge in [0.15, 0.2) is 0 Å². The number of aryl methyl sites for hydroxylation is 1. The van der Waals surface area contributed by atoms with E-state index in [0.29, 0.717) is 17.9 Å². The highest BCUT2D eigenvalue weighted by molar-refractivity contribution is 9.10. The molecule has 1 amide bonds. The number of carbonyl (C=O) groups is 1. The smallest absolute Gasteiger partial charge is 0.259 e. The van der Waals surface area contributed by atoms with E-state index in [0.717, 1.165) is 40.8 Å². The van der Waals surface area contributed by atoms with Gasteiger partial charge in [-0.3, -0.25) is 4.79 Å². The number of nitrogens with one attached hydrogen (secondary N) is 2. The van der Waals surface area contributed by atoms with E-state index in [2.05, 4.69) is 32.6 Å². The van der Waals surface area contributed by atoms with Gasteiger partial charge in [0.05, 0.1) is 5.56 Å². The fourth-order valence-electron chi connectivity index (χ4n) is 3.31. The van der Waals surface area contributed by atoms with E-state index in [-0.39, 0.29) is 5.91 Å². The van der Waals surface area contributed by atoms with Crippen molar-refractivity contribution in [3.8, 4) is 5.75 Å². The number of carbonyl (C=O) groups excluding carboxylic acids is 1. The Labute approximate surface area is 173 Å². The molecular weight excluding hydrogens is 416 g/mol. The molecule has 5 heteroatoms. The van der Waals surface area contributed by atoms with Crippen molar-refractivity contribution in [2.75, 3.05) is 17.2 Å². The minimum atomic E-state index is -0.180. The summed E-state index contributed by atoms with van der Waals surface area (Å²) >= 11 is 3.46. The zero-order chi connectivity index (χ0) is 19.3. The number of para-hydroxylation sites is 1. The van der Waals surface area contributed by atoms with Crippen LogP contribution in [0.25, 0.3) is 0 Å². The van der Waals surface area contributed by atoms with Crippen LogP contribution in [0.4, 0.5) is 11.4 Å². The van der Waals surface area contributed by atoms with Crippen LogP contribution in [0.15, 0.2) is 71.2 Å². The number of ether oxygens (including phenoxy) is 1. The Hall–Kier alpha value is -2.79. The van der Waals surface area contributed by atoms with Gasteiger partial charge in [0.2, 0.25) is 0 Å². The lowest BCUT2D eigenvalue weighted by Gasteiger charge is -2.19. The lowest BCUT2D eigenvalue weighted by molar-refractivity contribution is 0.102. The Balaban J connectivity index is 1.48. The van der Waals surface area contributed by atoms with Crippen LogP contribution in [0.2, 0.25) is 0 Å². The van der Waals surface area contributed by atoms with Gasteiger partial charge in [0, 0.05) is 22.4 Å². The van der Waals surface area contributed by atoms with E-state index < -0.39 is 0 Å². The van der Waals surface area contributed by atoms with Gasteiger partial charge in [-0.15, -0.1) is 0 Å². The lowest BCUT2D eigenvalue weighted by Crippen LogP contribution is -2.15. The Kier molecular flexibility index (Phi) is 5.63. The predicted molar refractivity (Wildman–Crippen MR) is 116 cm³/mol. The second kappa shape index (κ2) is 8.48. The molecule has 28 heavy (non-hydrogen) atoms. The second-order valence-electron chi connectivity index (χ2n) is 6.77. The first kappa shape index (κ1) is 18.6. The molecule has 142 valence electrons. The summed E-state index contributed by atoms with van der Waals surface area (Å²) in [7, 11) is 0. The molecule has 1 heterocycles. The first-order chi connectivity index (χ1) is 13.7. The van der Waals surface area contributed by atoms with E-state index in [9.17, 15) is 4.79 Å². The van der Waals surface area contributed by atoms with Crippen LogP contribution in [0.3, 0.4) is 0 Å². The summed E-state index contributed by atoms with van der Waals surface area (Å²) < 4.78 is 6.93. The third-order valence-electron chi connectivity index (χ3n) is 4.72. The van der Waals surface area contributed by atoms with Crippen molar-refractivity contribution in [2.24, 2.45) is 0 Å². The average molecular weight is 437 g/mol. The van der Waals surface area contributed by atoms with Crippen LogP contribution >= 0.6 is 15.9 Å². The molecule has 2 N–H and O–H groups in total. The molecule has 0 saturated heterocycles. The van der Waals surface area contributed by atoms with Crippen molar-refractivity contribution in [2.45, 2.75) is 19.4 Å². The topological polar surface area (TPSA) is 50.4 Å². The summed E-state index contributed by atoms with van der Waals surface area (Å²) in [6.07, 6.45) is 2.21. The molecule has 0 atom stereocenters. The number of halogens is 1. The fourth-order valence-corrected chi connectivity index (χ4v) is 3.75. The number of hydrogen-bond donors (Lipinski definition) is 2. The second-order valence-corrected chi connectivity index (χ2v) is 7.69. The molecule has 0 bridgehead atoms. The monoisotopic (exact) mass is 436 g/mol. The van der Waals surface area contributed by atoms with E-state index in [1.165, 1.54) is 5.56 Å². The molecule has 1 aliphatic rings. The predicted octanol–water partition coefficient (Wildman–Crippen LogP) is 5.64. The molecule has 0 aliphatic carbocycles. The fraction of sp³-hybridized carbons (Fsp3) is 0.174. The maximum absolute atomic E-state index is 12.8. The molecule has 3 aromatic carbocycles. The zero-order valence-corrected chi connectivity index (χ0v) is 17.0. The number of benzene rings is 3. The third-order valence-corrected chi connectivity index (χ3v) is 5.21. The highest BCUT2D eigenvalue weighted by Gasteiger charge is 2.14. The number of hydrogen-bond acceptors (Lipinski definition) is 3. The van der Waals surface area contributed by atoms with Gasteiger partial charge >= 0.3 is 0 Å². The summed E-state index contributed by atoms with van der Waals surface area (Å²) in [6, 6.07) is 21.3. The molecule has 0 unspecified atom stereocenters. The van der Waals surface area contributed by atoms with E-state index in [4.69, 9.17) is 4.74 Å². The van der Waals surface area contributed by atoms with Gasteiger partial charge in [0.25, 0.3) is 5.91 Å². The Morgan fingerprint density at radius 3 is 2.86 bits per heavy atom. The summed E-state index contributed by atoms with van der Waals surface area (Å²) in [4.78, 5) is 12.8. The first-order valence-corrected chi connectivity index (χ1v) is 10.1. The summed E-state index contributed by atoms with van der Waals surface area (Å²) in [5.41, 5.74) is 4.72. The highest BCUT2D eigenvalue weighted by atomic mass is 79.9. The molecule has 1 aliphatic heterocycles. The number of anilines is 2. The molecule has 0 radical (unpaired) electrons. The van der Waals surface area contributed by atoms with E-state index in [1.54, 1.807) is 6.07 Å². The van der Waals surface area contributed by atoms with Gasteiger partial charge in [-0.25, -0.2) is 0 Å². The normalized spacial score (nSPS) is 12.6. The van der Waals surface area contributed by atoms with Crippen molar-refractivity contribution in [1.82, 2.24) is 0 Å². The summed E-state index contributed by atoms with van der Waals surface area (Å²) in [6.45, 7) is 1.36. The van der Waals surface area contributed by atoms with Crippen LogP contribution in [0.5, 0.6) is 5.75 Å². The number of fused-ring (bicyclic) bond motifs is 1. The van der Waals surface area contributed by atoms with Crippen LogP contribution in [0.1, 0.15) is 27.9 Å². The Morgan fingerprint density at radius 1 is 1.07 bits per heavy atom. The molecule has 3 aromatic rings. The minimum absolute atomic E-state index is 0.180. The maximum atomic E-state index is 12.8. The molecule has 4 rings (SSSR count). The maximum Gasteiger partial charge on any atom is 0.259 e. The number of rotatable bonds is 5. The third kappa shape index (κ3) is 4.37. The average Bonchev–Trinajstić information content (AvgIpc) is 2.72. The quantitative estimate of drug-likeness (QED) is 0.543. The molecule has 0 spiro atoms. The van der Waals surface area contributed by atoms with E-state index >= 15 is 0 Å². The summed E-state index contributed by atoms with van der Waals surface area (Å²) in [5.74, 6) is 0.386. The van der Waals surface area contributed by atoms with Crippen molar-refractivity contribution in [1.29, 1.82) is 0 Å². The molecule has 0 saturated carbocycles. The highest BCUT2D eigenvalue weighted by Crippen LogP contribution is 2.27. The Morgan fingerprint density at radius 2 is 1.96 bits per heavy atom. The van der Waals surface area contributed by atoms with Crippen LogP contribution < -0.4 is 15.4 Å². The summed E-state index contributed by atoms with van der Waals surface area (Å²) in [5, 5.41) is 6.38. The van der Waals surface area contributed by atoms with Gasteiger partial charge in [-0.2, -0.15) is 0 Å². The van der Waals surface area contributed by atoms with Crippen molar-refractivity contribution < 1.29 is 9.53 Å². The largest absolute Gasteiger partial charge is 0.488 e. The molecular formula is C23H21BrN2O2. The van der Waals surface area contributed by atoms with Crippen LogP contribution in [-0.2, 0) is 13.0 Å². The Bertz CT molecular complexity index is 1000. The van der Waals surface area contributed by atoms with Gasteiger partial charge in [-0.05, 0) is 60.4 Å². The lowest BCUT2D eigenvalue weighted by atomic mass is 10.0. The first-order valence-electron chi connectivity index (χ1n) is 9.33. The minimum Gasteiger partial charge on any atom is -0.488 e. The van der Waals surface area contributed by atoms with E-state index in [1.807, 2.05) is 54.6 Å².